The van der Waals surface area contributed by atoms with E-state index >= 15 is 0 Å². The summed E-state index contributed by atoms with van der Waals surface area (Å²) in [6.45, 7) is 12.4. The second-order valence-electron chi connectivity index (χ2n) is 6.82. The zero-order valence-electron chi connectivity index (χ0n) is 14.0. The predicted octanol–water partition coefficient (Wildman–Crippen LogP) is 3.71. The number of rotatable bonds is 4. The lowest BCUT2D eigenvalue weighted by Crippen LogP contribution is -2.26. The molecule has 2 heterocycles. The average molecular weight is 320 g/mol. The zero-order chi connectivity index (χ0) is 16.5. The van der Waals surface area contributed by atoms with E-state index in [2.05, 4.69) is 41.6 Å². The van der Waals surface area contributed by atoms with Crippen molar-refractivity contribution >= 4 is 17.2 Å². The number of amides is 1. The second kappa shape index (κ2) is 6.20. The molecule has 2 rings (SSSR count). The van der Waals surface area contributed by atoms with E-state index in [1.807, 2.05) is 20.8 Å². The molecule has 0 spiro atoms. The molecule has 0 aliphatic heterocycles. The number of carbonyl (C=O) groups is 1. The highest BCUT2D eigenvalue weighted by atomic mass is 32.1. The molecule has 0 aliphatic rings. The molecule has 1 atom stereocenters. The highest BCUT2D eigenvalue weighted by Crippen LogP contribution is 2.26. The molecule has 0 saturated heterocycles. The van der Waals surface area contributed by atoms with Gasteiger partial charge in [-0.25, -0.2) is 4.98 Å². The lowest BCUT2D eigenvalue weighted by atomic mass is 9.93. The summed E-state index contributed by atoms with van der Waals surface area (Å²) in [5.41, 5.74) is 1.66. The van der Waals surface area contributed by atoms with Gasteiger partial charge in [0.1, 0.15) is 5.01 Å². The van der Waals surface area contributed by atoms with Gasteiger partial charge in [-0.2, -0.15) is 5.10 Å². The van der Waals surface area contributed by atoms with Crippen molar-refractivity contribution in [1.82, 2.24) is 20.1 Å². The standard InChI is InChI=1S/C16H24N4OS/c1-10(2)20-8-12(7-17-20)14(21)18-11(3)15-19-13(9-22-15)16(4,5)6/h7-11H,1-6H3,(H,18,21). The molecular weight excluding hydrogens is 296 g/mol. The Morgan fingerprint density at radius 3 is 2.50 bits per heavy atom. The van der Waals surface area contributed by atoms with E-state index in [1.54, 1.807) is 28.4 Å². The summed E-state index contributed by atoms with van der Waals surface area (Å²) < 4.78 is 1.78. The van der Waals surface area contributed by atoms with Crippen LogP contribution in [0.15, 0.2) is 17.8 Å². The van der Waals surface area contributed by atoms with Gasteiger partial charge in [0.15, 0.2) is 0 Å². The Balaban J connectivity index is 2.06. The Morgan fingerprint density at radius 2 is 2.00 bits per heavy atom. The highest BCUT2D eigenvalue weighted by molar-refractivity contribution is 7.09. The van der Waals surface area contributed by atoms with Crippen LogP contribution in [0.25, 0.3) is 0 Å². The van der Waals surface area contributed by atoms with Crippen molar-refractivity contribution in [2.75, 3.05) is 0 Å². The Bertz CT molecular complexity index is 651. The molecule has 6 heteroatoms. The fourth-order valence-corrected chi connectivity index (χ4v) is 2.96. The van der Waals surface area contributed by atoms with Gasteiger partial charge < -0.3 is 5.32 Å². The number of nitrogens with one attached hydrogen (secondary N) is 1. The topological polar surface area (TPSA) is 59.8 Å². The predicted molar refractivity (Wildman–Crippen MR) is 89.3 cm³/mol. The minimum atomic E-state index is -0.119. The molecule has 1 N–H and O–H groups in total. The Kier molecular flexibility index (Phi) is 4.70. The van der Waals surface area contributed by atoms with Gasteiger partial charge in [-0.05, 0) is 20.8 Å². The molecule has 120 valence electrons. The van der Waals surface area contributed by atoms with E-state index in [0.29, 0.717) is 5.56 Å². The number of carbonyl (C=O) groups excluding carboxylic acids is 1. The molecule has 0 fully saturated rings. The number of hydrogen-bond acceptors (Lipinski definition) is 4. The third-order valence-electron chi connectivity index (χ3n) is 3.40. The van der Waals surface area contributed by atoms with E-state index in [-0.39, 0.29) is 23.4 Å². The molecule has 1 unspecified atom stereocenters. The minimum absolute atomic E-state index is 0.0247. The van der Waals surface area contributed by atoms with Crippen LogP contribution in [0.3, 0.4) is 0 Å². The maximum Gasteiger partial charge on any atom is 0.255 e. The van der Waals surface area contributed by atoms with Crippen molar-refractivity contribution in [2.24, 2.45) is 0 Å². The van der Waals surface area contributed by atoms with Crippen molar-refractivity contribution in [3.05, 3.63) is 34.0 Å². The molecule has 0 saturated carbocycles. The molecule has 0 radical (unpaired) electrons. The number of aromatic nitrogens is 3. The van der Waals surface area contributed by atoms with Crippen LogP contribution in [0.2, 0.25) is 0 Å². The number of thiazole rings is 1. The fourth-order valence-electron chi connectivity index (χ4n) is 1.91. The molecule has 1 amide bonds. The molecular formula is C16H24N4OS. The fraction of sp³-hybridized carbons (Fsp3) is 0.562. The summed E-state index contributed by atoms with van der Waals surface area (Å²) in [5.74, 6) is -0.119. The summed E-state index contributed by atoms with van der Waals surface area (Å²) in [7, 11) is 0. The summed E-state index contributed by atoms with van der Waals surface area (Å²) in [6, 6.07) is 0.128. The Morgan fingerprint density at radius 1 is 1.32 bits per heavy atom. The van der Waals surface area contributed by atoms with Gasteiger partial charge in [0.25, 0.3) is 5.91 Å². The van der Waals surface area contributed by atoms with Gasteiger partial charge in [-0.3, -0.25) is 9.48 Å². The zero-order valence-corrected chi connectivity index (χ0v) is 14.9. The van der Waals surface area contributed by atoms with E-state index in [4.69, 9.17) is 0 Å². The normalized spacial score (nSPS) is 13.4. The summed E-state index contributed by atoms with van der Waals surface area (Å²) in [5, 5.41) is 10.2. The summed E-state index contributed by atoms with van der Waals surface area (Å²) in [6.07, 6.45) is 3.37. The van der Waals surface area contributed by atoms with Crippen LogP contribution in [-0.2, 0) is 5.41 Å². The first-order valence-corrected chi connectivity index (χ1v) is 8.37. The minimum Gasteiger partial charge on any atom is -0.343 e. The van der Waals surface area contributed by atoms with E-state index in [0.717, 1.165) is 10.7 Å². The van der Waals surface area contributed by atoms with Gasteiger partial charge in [-0.15, -0.1) is 11.3 Å². The van der Waals surface area contributed by atoms with Gasteiger partial charge in [-0.1, -0.05) is 20.8 Å². The Hall–Kier alpha value is -1.69. The third-order valence-corrected chi connectivity index (χ3v) is 4.43. The van der Waals surface area contributed by atoms with Crippen molar-refractivity contribution in [3.63, 3.8) is 0 Å². The van der Waals surface area contributed by atoms with Crippen molar-refractivity contribution in [1.29, 1.82) is 0 Å². The summed E-state index contributed by atoms with van der Waals surface area (Å²) >= 11 is 1.59. The maximum absolute atomic E-state index is 12.3. The third kappa shape index (κ3) is 3.74. The van der Waals surface area contributed by atoms with E-state index in [1.165, 1.54) is 0 Å². The molecule has 0 aromatic carbocycles. The lowest BCUT2D eigenvalue weighted by Gasteiger charge is -2.15. The van der Waals surface area contributed by atoms with Gasteiger partial charge in [0, 0.05) is 23.0 Å². The first-order chi connectivity index (χ1) is 10.2. The van der Waals surface area contributed by atoms with Crippen molar-refractivity contribution < 1.29 is 4.79 Å². The largest absolute Gasteiger partial charge is 0.343 e. The molecule has 0 bridgehead atoms. The van der Waals surface area contributed by atoms with Crippen LogP contribution >= 0.6 is 11.3 Å². The lowest BCUT2D eigenvalue weighted by molar-refractivity contribution is 0.0939. The molecule has 5 nitrogen and oxygen atoms in total. The Labute approximate surface area is 135 Å². The maximum atomic E-state index is 12.3. The first-order valence-electron chi connectivity index (χ1n) is 7.49. The average Bonchev–Trinajstić information content (AvgIpc) is 3.07. The summed E-state index contributed by atoms with van der Waals surface area (Å²) in [4.78, 5) is 16.9. The second-order valence-corrected chi connectivity index (χ2v) is 7.71. The van der Waals surface area contributed by atoms with Crippen LogP contribution in [0.5, 0.6) is 0 Å². The number of nitrogens with zero attached hydrogens (tertiary/aromatic N) is 3. The van der Waals surface area contributed by atoms with Gasteiger partial charge in [0.2, 0.25) is 0 Å². The monoisotopic (exact) mass is 320 g/mol. The smallest absolute Gasteiger partial charge is 0.255 e. The molecule has 0 aliphatic carbocycles. The van der Waals surface area contributed by atoms with Crippen LogP contribution in [0.4, 0.5) is 0 Å². The van der Waals surface area contributed by atoms with Gasteiger partial charge in [0.05, 0.1) is 23.5 Å². The van der Waals surface area contributed by atoms with E-state index < -0.39 is 0 Å². The van der Waals surface area contributed by atoms with Crippen molar-refractivity contribution in [2.45, 2.75) is 59.0 Å². The molecule has 2 aromatic heterocycles. The van der Waals surface area contributed by atoms with Crippen LogP contribution in [-0.4, -0.2) is 20.7 Å². The molecule has 2 aromatic rings. The van der Waals surface area contributed by atoms with Crippen molar-refractivity contribution in [3.8, 4) is 0 Å². The van der Waals surface area contributed by atoms with Crippen LogP contribution in [0, 0.1) is 0 Å². The van der Waals surface area contributed by atoms with Crippen LogP contribution < -0.4 is 5.32 Å². The number of hydrogen-bond donors (Lipinski definition) is 1. The SMILES string of the molecule is CC(NC(=O)c1cnn(C(C)C)c1)c1nc(C(C)(C)C)cs1. The van der Waals surface area contributed by atoms with Crippen LogP contribution in [0.1, 0.15) is 74.7 Å². The quantitative estimate of drug-likeness (QED) is 0.934. The van der Waals surface area contributed by atoms with Gasteiger partial charge >= 0.3 is 0 Å². The highest BCUT2D eigenvalue weighted by Gasteiger charge is 2.21. The van der Waals surface area contributed by atoms with E-state index in [9.17, 15) is 4.79 Å². The molecule has 22 heavy (non-hydrogen) atoms. The first kappa shape index (κ1) is 16.7.